The summed E-state index contributed by atoms with van der Waals surface area (Å²) in [5.41, 5.74) is 4.51. The molecule has 0 bridgehead atoms. The molecule has 0 radical (unpaired) electrons. The Bertz CT molecular complexity index is 891. The van der Waals surface area contributed by atoms with Crippen molar-refractivity contribution in [2.75, 3.05) is 23.3 Å². The lowest BCUT2D eigenvalue weighted by molar-refractivity contribution is 0.130. The molecule has 0 unspecified atom stereocenters. The number of anilines is 3. The van der Waals surface area contributed by atoms with Gasteiger partial charge in [0.1, 0.15) is 0 Å². The highest BCUT2D eigenvalue weighted by molar-refractivity contribution is 6.02. The number of aryl methyl sites for hydroxylation is 2. The van der Waals surface area contributed by atoms with Crippen LogP contribution in [0.2, 0.25) is 0 Å². The second-order valence-electron chi connectivity index (χ2n) is 7.34. The molecule has 1 heterocycles. The summed E-state index contributed by atoms with van der Waals surface area (Å²) in [5, 5.41) is 2.77. The molecule has 0 fully saturated rings. The summed E-state index contributed by atoms with van der Waals surface area (Å²) in [6, 6.07) is 13.7. The standard InChI is InChI=1S/C23H29N3O3/c1-5-25(6-2)23(28)26-20-10-8-7-9-17(20)11-12-18-13-14-19(15-21(18)26)24-22(27)29-16(3)4/h7-10,13-16H,5-6,11-12H2,1-4H3,(H,24,27). The lowest BCUT2D eigenvalue weighted by Gasteiger charge is -2.31. The fraction of sp³-hybridized carbons (Fsp3) is 0.391. The minimum Gasteiger partial charge on any atom is -0.447 e. The molecule has 3 amide bonds. The minimum absolute atomic E-state index is 0.0625. The highest BCUT2D eigenvalue weighted by atomic mass is 16.6. The van der Waals surface area contributed by atoms with E-state index >= 15 is 0 Å². The Morgan fingerprint density at radius 3 is 2.34 bits per heavy atom. The number of hydrogen-bond acceptors (Lipinski definition) is 3. The molecule has 2 aromatic carbocycles. The maximum Gasteiger partial charge on any atom is 0.411 e. The Morgan fingerprint density at radius 2 is 1.69 bits per heavy atom. The second-order valence-corrected chi connectivity index (χ2v) is 7.34. The number of carbonyl (C=O) groups excluding carboxylic acids is 2. The van der Waals surface area contributed by atoms with Gasteiger partial charge in [0.25, 0.3) is 0 Å². The number of nitrogens with one attached hydrogen (secondary N) is 1. The van der Waals surface area contributed by atoms with Gasteiger partial charge in [-0.3, -0.25) is 10.2 Å². The smallest absolute Gasteiger partial charge is 0.411 e. The van der Waals surface area contributed by atoms with Gasteiger partial charge in [-0.2, -0.15) is 0 Å². The first kappa shape index (κ1) is 20.7. The van der Waals surface area contributed by atoms with Crippen LogP contribution in [0.5, 0.6) is 0 Å². The number of para-hydroxylation sites is 1. The normalized spacial score (nSPS) is 12.7. The Balaban J connectivity index is 2.06. The van der Waals surface area contributed by atoms with Crippen LogP contribution >= 0.6 is 0 Å². The molecular formula is C23H29N3O3. The average molecular weight is 396 g/mol. The van der Waals surface area contributed by atoms with E-state index in [1.165, 1.54) is 0 Å². The van der Waals surface area contributed by atoms with Gasteiger partial charge in [-0.25, -0.2) is 9.59 Å². The minimum atomic E-state index is -0.504. The Morgan fingerprint density at radius 1 is 1.03 bits per heavy atom. The van der Waals surface area contributed by atoms with Gasteiger partial charge in [-0.05, 0) is 69.9 Å². The van der Waals surface area contributed by atoms with E-state index in [9.17, 15) is 9.59 Å². The molecular weight excluding hydrogens is 366 g/mol. The lowest BCUT2D eigenvalue weighted by atomic mass is 10.0. The molecule has 154 valence electrons. The zero-order chi connectivity index (χ0) is 21.0. The third-order valence-corrected chi connectivity index (χ3v) is 5.04. The third kappa shape index (κ3) is 4.53. The highest BCUT2D eigenvalue weighted by Gasteiger charge is 2.28. The van der Waals surface area contributed by atoms with Gasteiger partial charge in [0.15, 0.2) is 0 Å². The molecule has 0 saturated carbocycles. The van der Waals surface area contributed by atoms with E-state index in [4.69, 9.17) is 4.74 Å². The van der Waals surface area contributed by atoms with Crippen molar-refractivity contribution in [3.05, 3.63) is 53.6 Å². The van der Waals surface area contributed by atoms with E-state index in [2.05, 4.69) is 11.4 Å². The summed E-state index contributed by atoms with van der Waals surface area (Å²) < 4.78 is 5.19. The molecule has 29 heavy (non-hydrogen) atoms. The fourth-order valence-corrected chi connectivity index (χ4v) is 3.60. The number of fused-ring (bicyclic) bond motifs is 2. The number of benzene rings is 2. The van der Waals surface area contributed by atoms with E-state index in [0.717, 1.165) is 35.3 Å². The zero-order valence-electron chi connectivity index (χ0n) is 17.6. The first-order chi connectivity index (χ1) is 13.9. The number of rotatable bonds is 4. The van der Waals surface area contributed by atoms with E-state index in [1.807, 2.05) is 50.2 Å². The molecule has 2 aromatic rings. The van der Waals surface area contributed by atoms with E-state index in [0.29, 0.717) is 18.8 Å². The zero-order valence-corrected chi connectivity index (χ0v) is 17.6. The van der Waals surface area contributed by atoms with E-state index in [-0.39, 0.29) is 12.1 Å². The molecule has 1 N–H and O–H groups in total. The molecule has 0 spiro atoms. The van der Waals surface area contributed by atoms with Crippen LogP contribution in [0, 0.1) is 0 Å². The third-order valence-electron chi connectivity index (χ3n) is 5.04. The Hall–Kier alpha value is -3.02. The number of nitrogens with zero attached hydrogens (tertiary/aromatic N) is 2. The summed E-state index contributed by atoms with van der Waals surface area (Å²) in [6.45, 7) is 8.82. The van der Waals surface area contributed by atoms with Crippen LogP contribution in [-0.2, 0) is 17.6 Å². The van der Waals surface area contributed by atoms with E-state index in [1.54, 1.807) is 23.6 Å². The average Bonchev–Trinajstić information content (AvgIpc) is 2.84. The van der Waals surface area contributed by atoms with Crippen molar-refractivity contribution in [1.29, 1.82) is 0 Å². The van der Waals surface area contributed by atoms with Crippen molar-refractivity contribution in [3.63, 3.8) is 0 Å². The second kappa shape index (κ2) is 8.99. The largest absolute Gasteiger partial charge is 0.447 e. The Labute approximate surface area is 172 Å². The van der Waals surface area contributed by atoms with Crippen LogP contribution in [0.3, 0.4) is 0 Å². The van der Waals surface area contributed by atoms with Crippen molar-refractivity contribution in [1.82, 2.24) is 4.90 Å². The number of hydrogen-bond donors (Lipinski definition) is 1. The van der Waals surface area contributed by atoms with Gasteiger partial charge in [0, 0.05) is 18.8 Å². The molecule has 0 aromatic heterocycles. The molecule has 6 heteroatoms. The number of carbonyl (C=O) groups is 2. The molecule has 3 rings (SSSR count). The molecule has 0 atom stereocenters. The van der Waals surface area contributed by atoms with Gasteiger partial charge in [0.2, 0.25) is 0 Å². The summed E-state index contributed by atoms with van der Waals surface area (Å²) in [5.74, 6) is 0. The van der Waals surface area contributed by atoms with Gasteiger partial charge in [-0.15, -0.1) is 0 Å². The molecule has 0 saturated heterocycles. The summed E-state index contributed by atoms with van der Waals surface area (Å²) in [6.07, 6.45) is 0.970. The van der Waals surface area contributed by atoms with Crippen LogP contribution in [0.4, 0.5) is 26.7 Å². The van der Waals surface area contributed by atoms with Crippen LogP contribution in [0.25, 0.3) is 0 Å². The van der Waals surface area contributed by atoms with Crippen molar-refractivity contribution < 1.29 is 14.3 Å². The molecule has 1 aliphatic rings. The van der Waals surface area contributed by atoms with Crippen molar-refractivity contribution in [3.8, 4) is 0 Å². The first-order valence-corrected chi connectivity index (χ1v) is 10.2. The van der Waals surface area contributed by atoms with Crippen LogP contribution in [-0.4, -0.2) is 36.2 Å². The van der Waals surface area contributed by atoms with Gasteiger partial charge in [0.05, 0.1) is 17.5 Å². The quantitative estimate of drug-likeness (QED) is 0.760. The summed E-state index contributed by atoms with van der Waals surface area (Å²) in [7, 11) is 0. The summed E-state index contributed by atoms with van der Waals surface area (Å²) in [4.78, 5) is 29.1. The maximum absolute atomic E-state index is 13.5. The topological polar surface area (TPSA) is 61.9 Å². The molecule has 0 aliphatic carbocycles. The number of amides is 3. The predicted molar refractivity (Wildman–Crippen MR) is 116 cm³/mol. The van der Waals surface area contributed by atoms with E-state index < -0.39 is 6.09 Å². The Kier molecular flexibility index (Phi) is 6.42. The monoisotopic (exact) mass is 395 g/mol. The van der Waals surface area contributed by atoms with Crippen molar-refractivity contribution >= 4 is 29.2 Å². The molecule has 1 aliphatic heterocycles. The van der Waals surface area contributed by atoms with Crippen LogP contribution in [0.15, 0.2) is 42.5 Å². The molecule has 6 nitrogen and oxygen atoms in total. The van der Waals surface area contributed by atoms with Crippen molar-refractivity contribution in [2.45, 2.75) is 46.6 Å². The van der Waals surface area contributed by atoms with Crippen molar-refractivity contribution in [2.24, 2.45) is 0 Å². The van der Waals surface area contributed by atoms with Crippen LogP contribution < -0.4 is 10.2 Å². The van der Waals surface area contributed by atoms with Gasteiger partial charge < -0.3 is 9.64 Å². The van der Waals surface area contributed by atoms with Crippen LogP contribution in [0.1, 0.15) is 38.8 Å². The summed E-state index contributed by atoms with van der Waals surface area (Å²) >= 11 is 0. The highest BCUT2D eigenvalue weighted by Crippen LogP contribution is 2.38. The van der Waals surface area contributed by atoms with Gasteiger partial charge in [-0.1, -0.05) is 24.3 Å². The maximum atomic E-state index is 13.5. The number of urea groups is 1. The first-order valence-electron chi connectivity index (χ1n) is 10.2. The predicted octanol–water partition coefficient (Wildman–Crippen LogP) is 5.34. The SMILES string of the molecule is CCN(CC)C(=O)N1c2ccccc2CCc2ccc(NC(=O)OC(C)C)cc21. The lowest BCUT2D eigenvalue weighted by Crippen LogP contribution is -2.41. The fourth-order valence-electron chi connectivity index (χ4n) is 3.60. The van der Waals surface area contributed by atoms with Gasteiger partial charge >= 0.3 is 12.1 Å². The number of ether oxygens (including phenoxy) is 1.